The Labute approximate surface area is 180 Å². The standard InChI is InChI=1S/C25H43NO2Si/c1-20(12-11-13-21(2)19-27)15-16-24(28-29(7,8)25(4,5)6)22(3)18-23-14-9-10-17-26-23/h9-10,14-15,17-18,21,24,27H,11-13,16,19H2,1-8H3/b20-15+,22-18+/t21-,24-/m0/s1. The highest BCUT2D eigenvalue weighted by Gasteiger charge is 2.39. The Morgan fingerprint density at radius 2 is 1.93 bits per heavy atom. The maximum atomic E-state index is 9.19. The van der Waals surface area contributed by atoms with E-state index in [0.29, 0.717) is 5.92 Å². The largest absolute Gasteiger partial charge is 0.410 e. The van der Waals surface area contributed by atoms with Gasteiger partial charge in [-0.05, 0) is 87.4 Å². The van der Waals surface area contributed by atoms with Gasteiger partial charge in [-0.25, -0.2) is 0 Å². The third-order valence-corrected chi connectivity index (χ3v) is 10.6. The molecule has 0 unspecified atom stereocenters. The highest BCUT2D eigenvalue weighted by Crippen LogP contribution is 2.38. The van der Waals surface area contributed by atoms with Crippen molar-refractivity contribution >= 4 is 14.4 Å². The minimum Gasteiger partial charge on any atom is -0.410 e. The number of aliphatic hydroxyl groups excluding tert-OH is 1. The van der Waals surface area contributed by atoms with Crippen LogP contribution in [0.3, 0.4) is 0 Å². The summed E-state index contributed by atoms with van der Waals surface area (Å²) in [6.45, 7) is 18.3. The van der Waals surface area contributed by atoms with Gasteiger partial charge in [0.1, 0.15) is 0 Å². The number of rotatable bonds is 11. The first-order chi connectivity index (χ1) is 13.5. The molecular formula is C25H43NO2Si. The number of allylic oxidation sites excluding steroid dienone is 1. The second kappa shape index (κ2) is 11.8. The first-order valence-corrected chi connectivity index (χ1v) is 13.9. The summed E-state index contributed by atoms with van der Waals surface area (Å²) in [6.07, 6.45) is 10.6. The Morgan fingerprint density at radius 1 is 1.24 bits per heavy atom. The second-order valence-electron chi connectivity index (χ2n) is 9.98. The fourth-order valence-corrected chi connectivity index (χ4v) is 4.22. The van der Waals surface area contributed by atoms with Crippen LogP contribution in [0.2, 0.25) is 18.1 Å². The van der Waals surface area contributed by atoms with Crippen LogP contribution in [0, 0.1) is 5.92 Å². The molecule has 0 saturated carbocycles. The van der Waals surface area contributed by atoms with Crippen LogP contribution in [0.25, 0.3) is 6.08 Å². The van der Waals surface area contributed by atoms with Crippen LogP contribution in [0.5, 0.6) is 0 Å². The Kier molecular flexibility index (Phi) is 10.5. The average molecular weight is 418 g/mol. The van der Waals surface area contributed by atoms with Crippen LogP contribution in [0.15, 0.2) is 41.6 Å². The molecular weight excluding hydrogens is 374 g/mol. The molecule has 4 heteroatoms. The zero-order valence-electron chi connectivity index (χ0n) is 20.0. The Balaban J connectivity index is 2.93. The molecule has 1 N–H and O–H groups in total. The van der Waals surface area contributed by atoms with E-state index in [1.54, 1.807) is 0 Å². The van der Waals surface area contributed by atoms with Crippen molar-refractivity contribution in [2.45, 2.75) is 91.5 Å². The molecule has 0 radical (unpaired) electrons. The third kappa shape index (κ3) is 9.41. The Morgan fingerprint density at radius 3 is 2.48 bits per heavy atom. The molecule has 0 saturated heterocycles. The van der Waals surface area contributed by atoms with Crippen molar-refractivity contribution in [3.63, 3.8) is 0 Å². The van der Waals surface area contributed by atoms with Crippen molar-refractivity contribution in [3.05, 3.63) is 47.3 Å². The Hall–Kier alpha value is -1.23. The van der Waals surface area contributed by atoms with E-state index in [1.165, 1.54) is 11.1 Å². The minimum atomic E-state index is -1.88. The molecule has 164 valence electrons. The van der Waals surface area contributed by atoms with Gasteiger partial charge in [-0.15, -0.1) is 0 Å². The zero-order chi connectivity index (χ0) is 22.1. The number of hydrogen-bond acceptors (Lipinski definition) is 3. The lowest BCUT2D eigenvalue weighted by Gasteiger charge is -2.39. The number of aromatic nitrogens is 1. The van der Waals surface area contributed by atoms with Crippen molar-refractivity contribution in [2.24, 2.45) is 5.92 Å². The normalized spacial score (nSPS) is 16.0. The van der Waals surface area contributed by atoms with E-state index >= 15 is 0 Å². The van der Waals surface area contributed by atoms with E-state index in [0.717, 1.165) is 31.4 Å². The van der Waals surface area contributed by atoms with Gasteiger partial charge in [-0.3, -0.25) is 4.98 Å². The van der Waals surface area contributed by atoms with Gasteiger partial charge in [0.25, 0.3) is 0 Å². The predicted molar refractivity (Wildman–Crippen MR) is 128 cm³/mol. The zero-order valence-corrected chi connectivity index (χ0v) is 21.0. The lowest BCUT2D eigenvalue weighted by atomic mass is 10.0. The molecule has 0 fully saturated rings. The molecule has 0 amide bonds. The van der Waals surface area contributed by atoms with Crippen molar-refractivity contribution in [1.82, 2.24) is 4.98 Å². The summed E-state index contributed by atoms with van der Waals surface area (Å²) in [5.41, 5.74) is 3.61. The summed E-state index contributed by atoms with van der Waals surface area (Å²) in [4.78, 5) is 4.45. The number of nitrogens with zero attached hydrogens (tertiary/aromatic N) is 1. The molecule has 1 heterocycles. The fourth-order valence-electron chi connectivity index (χ4n) is 2.88. The van der Waals surface area contributed by atoms with Crippen molar-refractivity contribution < 1.29 is 9.53 Å². The van der Waals surface area contributed by atoms with Gasteiger partial charge in [0.15, 0.2) is 8.32 Å². The van der Waals surface area contributed by atoms with Crippen LogP contribution in [-0.4, -0.2) is 31.1 Å². The van der Waals surface area contributed by atoms with Gasteiger partial charge in [-0.2, -0.15) is 0 Å². The molecule has 0 aliphatic rings. The topological polar surface area (TPSA) is 42.4 Å². The van der Waals surface area contributed by atoms with Gasteiger partial charge in [-0.1, -0.05) is 45.4 Å². The summed E-state index contributed by atoms with van der Waals surface area (Å²) in [7, 11) is -1.88. The molecule has 29 heavy (non-hydrogen) atoms. The van der Waals surface area contributed by atoms with Gasteiger partial charge >= 0.3 is 0 Å². The summed E-state index contributed by atoms with van der Waals surface area (Å²) in [6, 6.07) is 6.00. The fraction of sp³-hybridized carbons (Fsp3) is 0.640. The first-order valence-electron chi connectivity index (χ1n) is 11.0. The molecule has 0 spiro atoms. The quantitative estimate of drug-likeness (QED) is 0.311. The SMILES string of the molecule is C/C(=C\C[C@H](O[Si](C)(C)C(C)(C)C)/C(C)=C/c1ccccn1)CCC[C@H](C)CO. The molecule has 0 aromatic carbocycles. The first kappa shape index (κ1) is 25.8. The van der Waals surface area contributed by atoms with Gasteiger partial charge < -0.3 is 9.53 Å². The van der Waals surface area contributed by atoms with E-state index in [2.05, 4.69) is 71.8 Å². The van der Waals surface area contributed by atoms with Gasteiger partial charge in [0, 0.05) is 12.8 Å². The lowest BCUT2D eigenvalue weighted by Crippen LogP contribution is -2.44. The van der Waals surface area contributed by atoms with E-state index in [-0.39, 0.29) is 17.7 Å². The van der Waals surface area contributed by atoms with Crippen LogP contribution in [0.1, 0.15) is 72.9 Å². The maximum Gasteiger partial charge on any atom is 0.192 e. The van der Waals surface area contributed by atoms with Crippen molar-refractivity contribution in [2.75, 3.05) is 6.61 Å². The van der Waals surface area contributed by atoms with Crippen molar-refractivity contribution in [3.8, 4) is 0 Å². The molecule has 1 rings (SSSR count). The summed E-state index contributed by atoms with van der Waals surface area (Å²) >= 11 is 0. The van der Waals surface area contributed by atoms with Gasteiger partial charge in [0.2, 0.25) is 0 Å². The summed E-state index contributed by atoms with van der Waals surface area (Å²) in [5, 5.41) is 9.37. The van der Waals surface area contributed by atoms with Gasteiger partial charge in [0.05, 0.1) is 11.8 Å². The molecule has 1 aromatic heterocycles. The lowest BCUT2D eigenvalue weighted by molar-refractivity contribution is 0.217. The molecule has 0 aliphatic carbocycles. The molecule has 2 atom stereocenters. The van der Waals surface area contributed by atoms with E-state index in [1.807, 2.05) is 24.4 Å². The third-order valence-electron chi connectivity index (χ3n) is 6.07. The van der Waals surface area contributed by atoms with Crippen molar-refractivity contribution in [1.29, 1.82) is 0 Å². The Bertz CT molecular complexity index is 659. The van der Waals surface area contributed by atoms with Crippen LogP contribution in [-0.2, 0) is 4.43 Å². The molecule has 3 nitrogen and oxygen atoms in total. The maximum absolute atomic E-state index is 9.19. The molecule has 0 bridgehead atoms. The van der Waals surface area contributed by atoms with E-state index in [9.17, 15) is 5.11 Å². The van der Waals surface area contributed by atoms with E-state index < -0.39 is 8.32 Å². The van der Waals surface area contributed by atoms with Crippen LogP contribution in [0.4, 0.5) is 0 Å². The highest BCUT2D eigenvalue weighted by atomic mass is 28.4. The smallest absolute Gasteiger partial charge is 0.192 e. The minimum absolute atomic E-state index is 0.0733. The number of hydrogen-bond donors (Lipinski definition) is 1. The van der Waals surface area contributed by atoms with E-state index in [4.69, 9.17) is 4.43 Å². The monoisotopic (exact) mass is 417 g/mol. The van der Waals surface area contributed by atoms with Crippen LogP contribution >= 0.6 is 0 Å². The molecule has 1 aromatic rings. The highest BCUT2D eigenvalue weighted by molar-refractivity contribution is 6.74. The second-order valence-corrected chi connectivity index (χ2v) is 14.7. The predicted octanol–water partition coefficient (Wildman–Crippen LogP) is 7.01. The summed E-state index contributed by atoms with van der Waals surface area (Å²) < 4.78 is 6.81. The molecule has 0 aliphatic heterocycles. The van der Waals surface area contributed by atoms with Crippen LogP contribution < -0.4 is 0 Å². The number of pyridine rings is 1. The number of aliphatic hydroxyl groups is 1. The summed E-state index contributed by atoms with van der Waals surface area (Å²) in [5.74, 6) is 0.390. The average Bonchev–Trinajstić information content (AvgIpc) is 2.64.